The summed E-state index contributed by atoms with van der Waals surface area (Å²) in [5, 5.41) is 9.22. The second kappa shape index (κ2) is 5.14. The third kappa shape index (κ3) is 2.06. The highest BCUT2D eigenvalue weighted by atomic mass is 16.6. The minimum absolute atomic E-state index is 0.0362. The summed E-state index contributed by atoms with van der Waals surface area (Å²) in [7, 11) is 1.48. The van der Waals surface area contributed by atoms with Gasteiger partial charge >= 0.3 is 5.97 Å². The Labute approximate surface area is 104 Å². The van der Waals surface area contributed by atoms with E-state index in [1.807, 2.05) is 0 Å². The minimum Gasteiger partial charge on any atom is -0.496 e. The van der Waals surface area contributed by atoms with Crippen molar-refractivity contribution in [1.29, 1.82) is 0 Å². The lowest BCUT2D eigenvalue weighted by molar-refractivity contribution is -0.138. The lowest BCUT2D eigenvalue weighted by Gasteiger charge is -2.24. The maximum atomic E-state index is 11.3. The molecule has 1 aliphatic rings. The molecule has 1 aromatic rings. The van der Waals surface area contributed by atoms with Crippen molar-refractivity contribution < 1.29 is 24.1 Å². The van der Waals surface area contributed by atoms with Crippen molar-refractivity contribution in [2.75, 3.05) is 26.9 Å². The van der Waals surface area contributed by atoms with Crippen molar-refractivity contribution in [3.8, 4) is 17.2 Å². The number of rotatable bonds is 4. The molecular formula is C12H15NO5. The van der Waals surface area contributed by atoms with E-state index in [4.69, 9.17) is 19.9 Å². The summed E-state index contributed by atoms with van der Waals surface area (Å²) in [6, 6.07) is 3.36. The Morgan fingerprint density at radius 2 is 2.22 bits per heavy atom. The number of carboxylic acid groups (broad SMARTS) is 1. The van der Waals surface area contributed by atoms with E-state index in [-0.39, 0.29) is 6.54 Å². The Balaban J connectivity index is 2.57. The van der Waals surface area contributed by atoms with Gasteiger partial charge in [-0.2, -0.15) is 0 Å². The van der Waals surface area contributed by atoms with Crippen LogP contribution in [-0.2, 0) is 4.79 Å². The SMILES string of the molecule is COc1ccc2c(c1C(CN)C(=O)O)OCCO2. The number of aliphatic carboxylic acids is 1. The molecule has 98 valence electrons. The van der Waals surface area contributed by atoms with Crippen molar-refractivity contribution in [1.82, 2.24) is 0 Å². The average Bonchev–Trinajstić information content (AvgIpc) is 2.39. The van der Waals surface area contributed by atoms with Crippen molar-refractivity contribution in [2.45, 2.75) is 5.92 Å². The summed E-state index contributed by atoms with van der Waals surface area (Å²) in [4.78, 5) is 11.3. The van der Waals surface area contributed by atoms with E-state index < -0.39 is 11.9 Å². The van der Waals surface area contributed by atoms with E-state index in [0.29, 0.717) is 36.0 Å². The standard InChI is InChI=1S/C12H15NO5/c1-16-8-2-3-9-11(18-5-4-17-9)10(8)7(6-13)12(14)15/h2-3,7H,4-6,13H2,1H3,(H,14,15). The second-order valence-electron chi connectivity index (χ2n) is 3.83. The van der Waals surface area contributed by atoms with Crippen molar-refractivity contribution in [2.24, 2.45) is 5.73 Å². The zero-order chi connectivity index (χ0) is 13.1. The van der Waals surface area contributed by atoms with Gasteiger partial charge in [-0.25, -0.2) is 0 Å². The molecule has 0 radical (unpaired) electrons. The van der Waals surface area contributed by atoms with Crippen molar-refractivity contribution >= 4 is 5.97 Å². The largest absolute Gasteiger partial charge is 0.496 e. The molecule has 0 amide bonds. The van der Waals surface area contributed by atoms with E-state index in [1.54, 1.807) is 12.1 Å². The van der Waals surface area contributed by atoms with Gasteiger partial charge in [0.1, 0.15) is 24.9 Å². The maximum Gasteiger partial charge on any atom is 0.312 e. The molecule has 1 aromatic carbocycles. The highest BCUT2D eigenvalue weighted by Crippen LogP contribution is 2.43. The molecule has 6 heteroatoms. The smallest absolute Gasteiger partial charge is 0.312 e. The molecule has 1 unspecified atom stereocenters. The first-order chi connectivity index (χ1) is 8.69. The molecule has 18 heavy (non-hydrogen) atoms. The number of methoxy groups -OCH3 is 1. The zero-order valence-electron chi connectivity index (χ0n) is 10.0. The molecule has 0 fully saturated rings. The number of nitrogens with two attached hydrogens (primary N) is 1. The van der Waals surface area contributed by atoms with Gasteiger partial charge < -0.3 is 25.1 Å². The molecule has 3 N–H and O–H groups in total. The van der Waals surface area contributed by atoms with Gasteiger partial charge in [0, 0.05) is 6.54 Å². The van der Waals surface area contributed by atoms with Gasteiger partial charge in [0.05, 0.1) is 12.7 Å². The van der Waals surface area contributed by atoms with Crippen LogP contribution in [0.4, 0.5) is 0 Å². The maximum absolute atomic E-state index is 11.3. The highest BCUT2D eigenvalue weighted by molar-refractivity contribution is 5.80. The van der Waals surface area contributed by atoms with E-state index in [1.165, 1.54) is 7.11 Å². The van der Waals surface area contributed by atoms with Crippen LogP contribution in [0, 0.1) is 0 Å². The minimum atomic E-state index is -1.02. The molecule has 2 rings (SSSR count). The van der Waals surface area contributed by atoms with E-state index in [9.17, 15) is 9.90 Å². The Morgan fingerprint density at radius 3 is 2.83 bits per heavy atom. The fourth-order valence-corrected chi connectivity index (χ4v) is 1.97. The van der Waals surface area contributed by atoms with Gasteiger partial charge in [0.15, 0.2) is 11.5 Å². The summed E-state index contributed by atoms with van der Waals surface area (Å²) >= 11 is 0. The summed E-state index contributed by atoms with van der Waals surface area (Å²) in [5.74, 6) is -0.512. The first-order valence-corrected chi connectivity index (χ1v) is 5.58. The van der Waals surface area contributed by atoms with Crippen LogP contribution in [0.15, 0.2) is 12.1 Å². The van der Waals surface area contributed by atoms with Crippen LogP contribution in [0.2, 0.25) is 0 Å². The molecule has 0 bridgehead atoms. The third-order valence-electron chi connectivity index (χ3n) is 2.81. The number of ether oxygens (including phenoxy) is 3. The fourth-order valence-electron chi connectivity index (χ4n) is 1.97. The molecule has 6 nitrogen and oxygen atoms in total. The average molecular weight is 253 g/mol. The van der Waals surface area contributed by atoms with Gasteiger partial charge in [-0.3, -0.25) is 4.79 Å². The zero-order valence-corrected chi connectivity index (χ0v) is 10.0. The first-order valence-electron chi connectivity index (χ1n) is 5.58. The lowest BCUT2D eigenvalue weighted by Crippen LogP contribution is -2.24. The van der Waals surface area contributed by atoms with Gasteiger partial charge in [-0.1, -0.05) is 0 Å². The Bertz CT molecular complexity index is 460. The predicted octanol–water partition coefficient (Wildman–Crippen LogP) is 0.593. The second-order valence-corrected chi connectivity index (χ2v) is 3.83. The van der Waals surface area contributed by atoms with E-state index in [0.717, 1.165) is 0 Å². The van der Waals surface area contributed by atoms with Crippen LogP contribution in [0.25, 0.3) is 0 Å². The molecule has 0 saturated carbocycles. The van der Waals surface area contributed by atoms with Gasteiger partial charge in [-0.05, 0) is 12.1 Å². The number of benzene rings is 1. The highest BCUT2D eigenvalue weighted by Gasteiger charge is 2.30. The number of fused-ring (bicyclic) bond motifs is 1. The van der Waals surface area contributed by atoms with Crippen LogP contribution in [0.3, 0.4) is 0 Å². The Morgan fingerprint density at radius 1 is 1.50 bits per heavy atom. The quantitative estimate of drug-likeness (QED) is 0.816. The van der Waals surface area contributed by atoms with Gasteiger partial charge in [0.25, 0.3) is 0 Å². The monoisotopic (exact) mass is 253 g/mol. The summed E-state index contributed by atoms with van der Waals surface area (Å²) < 4.78 is 16.1. The lowest BCUT2D eigenvalue weighted by atomic mass is 9.96. The Hall–Kier alpha value is -1.95. The Kier molecular flexibility index (Phi) is 3.57. The third-order valence-corrected chi connectivity index (χ3v) is 2.81. The number of hydrogen-bond donors (Lipinski definition) is 2. The van der Waals surface area contributed by atoms with Crippen molar-refractivity contribution in [3.05, 3.63) is 17.7 Å². The molecule has 1 heterocycles. The molecular weight excluding hydrogens is 238 g/mol. The molecule has 0 saturated heterocycles. The van der Waals surface area contributed by atoms with Crippen LogP contribution in [0.5, 0.6) is 17.2 Å². The van der Waals surface area contributed by atoms with Gasteiger partial charge in [0.2, 0.25) is 0 Å². The summed E-state index contributed by atoms with van der Waals surface area (Å²) in [6.45, 7) is 0.786. The number of carboxylic acids is 1. The van der Waals surface area contributed by atoms with E-state index >= 15 is 0 Å². The van der Waals surface area contributed by atoms with Crippen LogP contribution < -0.4 is 19.9 Å². The number of hydrogen-bond acceptors (Lipinski definition) is 5. The van der Waals surface area contributed by atoms with Crippen LogP contribution >= 0.6 is 0 Å². The molecule has 0 aromatic heterocycles. The summed E-state index contributed by atoms with van der Waals surface area (Å²) in [5.41, 5.74) is 5.96. The molecule has 1 aliphatic heterocycles. The topological polar surface area (TPSA) is 91.0 Å². The fraction of sp³-hybridized carbons (Fsp3) is 0.417. The van der Waals surface area contributed by atoms with E-state index in [2.05, 4.69) is 0 Å². The molecule has 1 atom stereocenters. The predicted molar refractivity (Wildman–Crippen MR) is 63.4 cm³/mol. The summed E-state index contributed by atoms with van der Waals surface area (Å²) in [6.07, 6.45) is 0. The van der Waals surface area contributed by atoms with Gasteiger partial charge in [-0.15, -0.1) is 0 Å². The first kappa shape index (κ1) is 12.5. The van der Waals surface area contributed by atoms with Crippen LogP contribution in [0.1, 0.15) is 11.5 Å². The molecule has 0 spiro atoms. The molecule has 0 aliphatic carbocycles. The van der Waals surface area contributed by atoms with Crippen LogP contribution in [-0.4, -0.2) is 37.9 Å². The number of carbonyl (C=O) groups is 1. The van der Waals surface area contributed by atoms with Crippen molar-refractivity contribution in [3.63, 3.8) is 0 Å². The normalized spacial score (nSPS) is 15.0.